The Morgan fingerprint density at radius 2 is 1.90 bits per heavy atom. The van der Waals surface area contributed by atoms with Gasteiger partial charge >= 0.3 is 0 Å². The van der Waals surface area contributed by atoms with E-state index < -0.39 is 12.0 Å². The lowest BCUT2D eigenvalue weighted by Crippen LogP contribution is -2.55. The van der Waals surface area contributed by atoms with Gasteiger partial charge < -0.3 is 19.4 Å². The van der Waals surface area contributed by atoms with E-state index in [1.807, 2.05) is 27.3 Å². The monoisotopic (exact) mass is 624 g/mol. The number of carboxylic acids is 1. The van der Waals surface area contributed by atoms with Crippen LogP contribution in [0.1, 0.15) is 5.56 Å². The fraction of sp³-hybridized carbons (Fsp3) is 0.357. The highest BCUT2D eigenvalue weighted by atomic mass is 127. The third kappa shape index (κ3) is 3.66. The van der Waals surface area contributed by atoms with Gasteiger partial charge in [-0.15, -0.1) is 0 Å². The lowest BCUT2D eigenvalue weighted by Gasteiger charge is -2.34. The minimum absolute atomic E-state index is 0.341. The molecule has 0 fully saturated rings. The molecule has 4 nitrogen and oxygen atoms in total. The third-order valence-corrected chi connectivity index (χ3v) is 8.63. The first-order chi connectivity index (χ1) is 9.62. The van der Waals surface area contributed by atoms with Crippen molar-refractivity contribution in [2.45, 2.75) is 12.5 Å². The molecule has 0 spiro atoms. The molecule has 0 unspecified atom stereocenters. The van der Waals surface area contributed by atoms with E-state index in [-0.39, 0.29) is 0 Å². The topological polar surface area (TPSA) is 55.9 Å². The SMILES string of the molecule is C[N+](C)(C)[C@@H](Cc1c[nH]c2c(I)c(I)c(I)cc12)C(=O)[O-]. The predicted octanol–water partition coefficient (Wildman–Crippen LogP) is 2.35. The standard InChI is InChI=1S/C14H15I3N2O2/c1-19(2,3)10(14(20)21)4-7-6-18-13-8(7)5-9(15)11(16)12(13)17/h5-6,10,18H,4H2,1-3H3/t10-/m0/s1. The zero-order valence-electron chi connectivity index (χ0n) is 11.8. The number of nitrogens with zero attached hydrogens (tertiary/aromatic N) is 1. The quantitative estimate of drug-likeness (QED) is 0.323. The highest BCUT2D eigenvalue weighted by Gasteiger charge is 2.27. The van der Waals surface area contributed by atoms with Crippen LogP contribution in [0.2, 0.25) is 0 Å². The minimum Gasteiger partial charge on any atom is -0.544 e. The van der Waals surface area contributed by atoms with E-state index in [1.165, 1.54) is 10.7 Å². The zero-order chi connectivity index (χ0) is 15.9. The number of fused-ring (bicyclic) bond motifs is 1. The van der Waals surface area contributed by atoms with Gasteiger partial charge in [0, 0.05) is 25.1 Å². The number of quaternary nitrogens is 1. The summed E-state index contributed by atoms with van der Waals surface area (Å²) in [6.45, 7) is 0. The lowest BCUT2D eigenvalue weighted by atomic mass is 10.0. The van der Waals surface area contributed by atoms with Crippen LogP contribution < -0.4 is 5.11 Å². The van der Waals surface area contributed by atoms with Crippen molar-refractivity contribution >= 4 is 84.6 Å². The van der Waals surface area contributed by atoms with E-state index in [4.69, 9.17) is 0 Å². The molecule has 0 bridgehead atoms. The Labute approximate surface area is 164 Å². The van der Waals surface area contributed by atoms with Gasteiger partial charge in [0.25, 0.3) is 0 Å². The van der Waals surface area contributed by atoms with Gasteiger partial charge in [-0.2, -0.15) is 0 Å². The first-order valence-corrected chi connectivity index (χ1v) is 9.52. The van der Waals surface area contributed by atoms with Gasteiger partial charge in [-0.05, 0) is 79.4 Å². The number of aromatic amines is 1. The van der Waals surface area contributed by atoms with Crippen molar-refractivity contribution in [2.75, 3.05) is 21.1 Å². The predicted molar refractivity (Wildman–Crippen MR) is 107 cm³/mol. The normalized spacial score (nSPS) is 13.6. The van der Waals surface area contributed by atoms with E-state index in [2.05, 4.69) is 78.8 Å². The molecule has 0 radical (unpaired) electrons. The van der Waals surface area contributed by atoms with Crippen molar-refractivity contribution in [3.8, 4) is 0 Å². The molecule has 1 atom stereocenters. The van der Waals surface area contributed by atoms with E-state index in [1.54, 1.807) is 0 Å². The molecule has 1 aromatic carbocycles. The van der Waals surface area contributed by atoms with Crippen molar-refractivity contribution < 1.29 is 14.4 Å². The Balaban J connectivity index is 2.51. The Morgan fingerprint density at radius 1 is 1.29 bits per heavy atom. The van der Waals surface area contributed by atoms with Crippen LogP contribution in [0.4, 0.5) is 0 Å². The summed E-state index contributed by atoms with van der Waals surface area (Å²) in [6, 6.07) is 1.55. The van der Waals surface area contributed by atoms with Gasteiger partial charge in [0.2, 0.25) is 0 Å². The first-order valence-electron chi connectivity index (χ1n) is 6.28. The second-order valence-electron chi connectivity index (χ2n) is 5.88. The third-order valence-electron chi connectivity index (χ3n) is 3.52. The largest absolute Gasteiger partial charge is 0.544 e. The summed E-state index contributed by atoms with van der Waals surface area (Å²) in [5.41, 5.74) is 2.11. The summed E-state index contributed by atoms with van der Waals surface area (Å²) in [7, 11) is 5.64. The number of halogens is 3. The van der Waals surface area contributed by atoms with E-state index in [9.17, 15) is 9.90 Å². The molecular weight excluding hydrogens is 609 g/mol. The smallest absolute Gasteiger partial charge is 0.133 e. The van der Waals surface area contributed by atoms with Crippen LogP contribution in [0.15, 0.2) is 12.3 Å². The maximum Gasteiger partial charge on any atom is 0.133 e. The van der Waals surface area contributed by atoms with Crippen molar-refractivity contribution in [3.05, 3.63) is 28.5 Å². The molecule has 0 saturated carbocycles. The molecule has 2 aromatic rings. The number of hydrogen-bond acceptors (Lipinski definition) is 2. The minimum atomic E-state index is -1.01. The number of aromatic nitrogens is 1. The summed E-state index contributed by atoms with van der Waals surface area (Å²) in [5.74, 6) is -1.01. The van der Waals surface area contributed by atoms with Crippen LogP contribution in [0.25, 0.3) is 10.9 Å². The average molecular weight is 624 g/mol. The molecule has 0 saturated heterocycles. The van der Waals surface area contributed by atoms with Crippen LogP contribution in [0, 0.1) is 10.7 Å². The molecule has 0 amide bonds. The second kappa shape index (κ2) is 6.48. The van der Waals surface area contributed by atoms with Crippen molar-refractivity contribution in [1.29, 1.82) is 0 Å². The summed E-state index contributed by atoms with van der Waals surface area (Å²) < 4.78 is 3.92. The molecule has 0 aliphatic heterocycles. The Morgan fingerprint density at radius 3 is 2.43 bits per heavy atom. The van der Waals surface area contributed by atoms with E-state index in [0.717, 1.165) is 16.5 Å². The van der Waals surface area contributed by atoms with Crippen LogP contribution in [0.5, 0.6) is 0 Å². The highest BCUT2D eigenvalue weighted by Crippen LogP contribution is 2.31. The molecule has 0 aliphatic rings. The fourth-order valence-electron chi connectivity index (χ4n) is 2.28. The highest BCUT2D eigenvalue weighted by molar-refractivity contribution is 14.1. The molecule has 21 heavy (non-hydrogen) atoms. The van der Waals surface area contributed by atoms with Gasteiger partial charge in [0.1, 0.15) is 6.04 Å². The maximum absolute atomic E-state index is 11.5. The molecule has 0 aliphatic carbocycles. The van der Waals surface area contributed by atoms with Crippen molar-refractivity contribution in [2.24, 2.45) is 0 Å². The summed E-state index contributed by atoms with van der Waals surface area (Å²) >= 11 is 6.98. The summed E-state index contributed by atoms with van der Waals surface area (Å²) in [5, 5.41) is 12.6. The molecule has 1 N–H and O–H groups in total. The number of likely N-dealkylation sites (N-methyl/N-ethyl adjacent to an activating group) is 1. The molecule has 7 heteroatoms. The number of carbonyl (C=O) groups is 1. The number of nitrogens with one attached hydrogen (secondary N) is 1. The number of carboxylic acid groups (broad SMARTS) is 1. The lowest BCUT2D eigenvalue weighted by molar-refractivity contribution is -0.889. The van der Waals surface area contributed by atoms with Crippen LogP contribution in [-0.2, 0) is 11.2 Å². The number of aliphatic carboxylic acids is 1. The number of carbonyl (C=O) groups excluding carboxylic acids is 1. The Hall–Kier alpha value is 0.380. The zero-order valence-corrected chi connectivity index (χ0v) is 18.3. The van der Waals surface area contributed by atoms with E-state index in [0.29, 0.717) is 10.9 Å². The molecule has 1 heterocycles. The number of hydrogen-bond donors (Lipinski definition) is 1. The second-order valence-corrected chi connectivity index (χ2v) is 9.20. The van der Waals surface area contributed by atoms with Crippen LogP contribution in [-0.4, -0.2) is 42.6 Å². The van der Waals surface area contributed by atoms with Crippen molar-refractivity contribution in [1.82, 2.24) is 4.98 Å². The number of H-pyrrole nitrogens is 1. The molecule has 1 aromatic heterocycles. The molecule has 2 rings (SSSR count). The molecular formula is C14H15I3N2O2. The Bertz CT molecular complexity index is 704. The van der Waals surface area contributed by atoms with Gasteiger partial charge in [-0.25, -0.2) is 0 Å². The van der Waals surface area contributed by atoms with Gasteiger partial charge in [0.15, 0.2) is 0 Å². The van der Waals surface area contributed by atoms with Crippen molar-refractivity contribution in [3.63, 3.8) is 0 Å². The average Bonchev–Trinajstić information content (AvgIpc) is 2.74. The van der Waals surface area contributed by atoms with Gasteiger partial charge in [-0.3, -0.25) is 0 Å². The summed E-state index contributed by atoms with van der Waals surface area (Å²) in [6.07, 6.45) is 2.38. The van der Waals surface area contributed by atoms with Gasteiger partial charge in [0.05, 0.1) is 36.2 Å². The first kappa shape index (κ1) is 17.7. The number of benzene rings is 1. The summed E-state index contributed by atoms with van der Waals surface area (Å²) in [4.78, 5) is 14.7. The van der Waals surface area contributed by atoms with E-state index >= 15 is 0 Å². The molecule has 114 valence electrons. The van der Waals surface area contributed by atoms with Crippen LogP contribution in [0.3, 0.4) is 0 Å². The maximum atomic E-state index is 11.5. The fourth-order valence-corrected chi connectivity index (χ4v) is 4.54. The Kier molecular flexibility index (Phi) is 5.47. The number of rotatable bonds is 4. The van der Waals surface area contributed by atoms with Crippen LogP contribution >= 0.6 is 67.8 Å². The van der Waals surface area contributed by atoms with Gasteiger partial charge in [-0.1, -0.05) is 0 Å².